The Balaban J connectivity index is 2.28. The van der Waals surface area contributed by atoms with Crippen LogP contribution in [0.2, 0.25) is 10.0 Å². The van der Waals surface area contributed by atoms with Crippen molar-refractivity contribution >= 4 is 39.2 Å². The lowest BCUT2D eigenvalue weighted by molar-refractivity contribution is -0.157. The second kappa shape index (κ2) is 6.50. The summed E-state index contributed by atoms with van der Waals surface area (Å²) in [6.45, 7) is 0.131. The highest BCUT2D eigenvalue weighted by Crippen LogP contribution is 2.26. The lowest BCUT2D eigenvalue weighted by Gasteiger charge is -2.30. The Morgan fingerprint density at radius 3 is 2.52 bits per heavy atom. The quantitative estimate of drug-likeness (QED) is 0.771. The molecule has 0 aromatic heterocycles. The Morgan fingerprint density at radius 2 is 1.95 bits per heavy atom. The maximum atomic E-state index is 12.5. The zero-order valence-corrected chi connectivity index (χ0v) is 13.4. The molecule has 21 heavy (non-hydrogen) atoms. The molecule has 0 amide bonds. The number of hydrogen-bond acceptors (Lipinski definition) is 5. The first-order valence-electron chi connectivity index (χ1n) is 6.00. The zero-order chi connectivity index (χ0) is 15.6. The smallest absolute Gasteiger partial charge is 0.336 e. The largest absolute Gasteiger partial charge is 0.467 e. The predicted octanol–water partition coefficient (Wildman–Crippen LogP) is 1.56. The van der Waals surface area contributed by atoms with Gasteiger partial charge in [0.15, 0.2) is 6.10 Å². The van der Waals surface area contributed by atoms with Gasteiger partial charge >= 0.3 is 5.97 Å². The first kappa shape index (κ1) is 16.5. The van der Waals surface area contributed by atoms with Crippen molar-refractivity contribution in [1.82, 2.24) is 4.31 Å². The number of esters is 1. The predicted molar refractivity (Wildman–Crippen MR) is 77.0 cm³/mol. The van der Waals surface area contributed by atoms with Crippen LogP contribution < -0.4 is 0 Å². The second-order valence-electron chi connectivity index (χ2n) is 4.35. The molecule has 1 saturated heterocycles. The van der Waals surface area contributed by atoms with E-state index >= 15 is 0 Å². The fourth-order valence-corrected chi connectivity index (χ4v) is 4.10. The average molecular weight is 354 g/mol. The summed E-state index contributed by atoms with van der Waals surface area (Å²) < 4.78 is 36.0. The molecule has 1 aromatic carbocycles. The molecule has 1 heterocycles. The monoisotopic (exact) mass is 353 g/mol. The lowest BCUT2D eigenvalue weighted by atomic mass is 10.3. The molecule has 0 N–H and O–H groups in total. The highest BCUT2D eigenvalue weighted by atomic mass is 35.5. The molecule has 0 aliphatic carbocycles. The van der Waals surface area contributed by atoms with Gasteiger partial charge in [-0.1, -0.05) is 23.2 Å². The molecule has 1 fully saturated rings. The number of rotatable bonds is 3. The second-order valence-corrected chi connectivity index (χ2v) is 7.16. The minimum Gasteiger partial charge on any atom is -0.467 e. The van der Waals surface area contributed by atoms with Crippen LogP contribution >= 0.6 is 23.2 Å². The van der Waals surface area contributed by atoms with E-state index in [1.807, 2.05) is 0 Å². The SMILES string of the molecule is COC(=O)C1CN(S(=O)(=O)c2cc(Cl)cc(Cl)c2)CCO1. The normalized spacial score (nSPS) is 20.2. The van der Waals surface area contributed by atoms with Gasteiger partial charge in [0.2, 0.25) is 10.0 Å². The summed E-state index contributed by atoms with van der Waals surface area (Å²) in [6, 6.07) is 4.06. The van der Waals surface area contributed by atoms with Crippen LogP contribution in [0.15, 0.2) is 23.1 Å². The molecular weight excluding hydrogens is 341 g/mol. The summed E-state index contributed by atoms with van der Waals surface area (Å²) >= 11 is 11.7. The number of methoxy groups -OCH3 is 1. The molecule has 1 atom stereocenters. The number of hydrogen-bond donors (Lipinski definition) is 0. The van der Waals surface area contributed by atoms with E-state index < -0.39 is 22.1 Å². The van der Waals surface area contributed by atoms with Gasteiger partial charge in [-0.15, -0.1) is 0 Å². The molecule has 9 heteroatoms. The average Bonchev–Trinajstić information content (AvgIpc) is 2.45. The fraction of sp³-hybridized carbons (Fsp3) is 0.417. The van der Waals surface area contributed by atoms with E-state index in [0.29, 0.717) is 0 Å². The molecule has 6 nitrogen and oxygen atoms in total. The zero-order valence-electron chi connectivity index (χ0n) is 11.1. The molecule has 1 aromatic rings. The maximum absolute atomic E-state index is 12.5. The van der Waals surface area contributed by atoms with Gasteiger partial charge in [0, 0.05) is 16.6 Å². The van der Waals surface area contributed by atoms with Gasteiger partial charge < -0.3 is 9.47 Å². The van der Waals surface area contributed by atoms with Crippen molar-refractivity contribution in [2.24, 2.45) is 0 Å². The number of sulfonamides is 1. The van der Waals surface area contributed by atoms with E-state index in [1.165, 1.54) is 25.3 Å². The lowest BCUT2D eigenvalue weighted by Crippen LogP contribution is -2.48. The molecule has 2 rings (SSSR count). The topological polar surface area (TPSA) is 72.9 Å². The van der Waals surface area contributed by atoms with Gasteiger partial charge in [-0.05, 0) is 18.2 Å². The summed E-state index contributed by atoms with van der Waals surface area (Å²) in [5.74, 6) is -0.612. The number of carbonyl (C=O) groups is 1. The third-order valence-corrected chi connectivity index (χ3v) is 5.25. The van der Waals surface area contributed by atoms with Crippen molar-refractivity contribution in [2.75, 3.05) is 26.8 Å². The first-order valence-corrected chi connectivity index (χ1v) is 8.20. The highest BCUT2D eigenvalue weighted by Gasteiger charge is 2.34. The maximum Gasteiger partial charge on any atom is 0.336 e. The number of ether oxygens (including phenoxy) is 2. The van der Waals surface area contributed by atoms with E-state index in [-0.39, 0.29) is 34.6 Å². The third-order valence-electron chi connectivity index (χ3n) is 2.97. The molecule has 0 radical (unpaired) electrons. The van der Waals surface area contributed by atoms with Crippen LogP contribution in [-0.2, 0) is 24.3 Å². The highest BCUT2D eigenvalue weighted by molar-refractivity contribution is 7.89. The fourth-order valence-electron chi connectivity index (χ4n) is 1.94. The minimum absolute atomic E-state index is 0.0227. The summed E-state index contributed by atoms with van der Waals surface area (Å²) in [6.07, 6.45) is -0.937. The van der Waals surface area contributed by atoms with Crippen LogP contribution in [0.1, 0.15) is 0 Å². The van der Waals surface area contributed by atoms with Crippen molar-refractivity contribution in [2.45, 2.75) is 11.0 Å². The molecule has 116 valence electrons. The van der Waals surface area contributed by atoms with Crippen molar-refractivity contribution in [3.63, 3.8) is 0 Å². The van der Waals surface area contributed by atoms with Gasteiger partial charge in [0.25, 0.3) is 0 Å². The van der Waals surface area contributed by atoms with Gasteiger partial charge in [-0.3, -0.25) is 0 Å². The van der Waals surface area contributed by atoms with Crippen LogP contribution in [0.5, 0.6) is 0 Å². The Hall–Kier alpha value is -0.860. The van der Waals surface area contributed by atoms with Gasteiger partial charge in [-0.2, -0.15) is 4.31 Å². The third kappa shape index (κ3) is 3.67. The van der Waals surface area contributed by atoms with E-state index in [1.54, 1.807) is 0 Å². The van der Waals surface area contributed by atoms with Crippen molar-refractivity contribution in [1.29, 1.82) is 0 Å². The Bertz CT molecular complexity index is 629. The summed E-state index contributed by atoms with van der Waals surface area (Å²) in [4.78, 5) is 11.5. The van der Waals surface area contributed by atoms with Crippen molar-refractivity contribution in [3.05, 3.63) is 28.2 Å². The van der Waals surface area contributed by atoms with Crippen LogP contribution in [0.4, 0.5) is 0 Å². The van der Waals surface area contributed by atoms with Gasteiger partial charge in [-0.25, -0.2) is 13.2 Å². The van der Waals surface area contributed by atoms with E-state index in [0.717, 1.165) is 4.31 Å². The number of benzene rings is 1. The number of halogens is 2. The Labute approximate surface area is 132 Å². The molecule has 1 unspecified atom stereocenters. The molecular formula is C12H13Cl2NO5S. The van der Waals surface area contributed by atoms with Crippen LogP contribution in [-0.4, -0.2) is 51.6 Å². The van der Waals surface area contributed by atoms with Gasteiger partial charge in [0.05, 0.1) is 25.2 Å². The number of nitrogens with zero attached hydrogens (tertiary/aromatic N) is 1. The standard InChI is InChI=1S/C12H13Cl2NO5S/c1-19-12(16)11-7-15(2-3-20-11)21(17,18)10-5-8(13)4-9(14)6-10/h4-6,11H,2-3,7H2,1H3. The summed E-state index contributed by atoms with van der Waals surface area (Å²) in [5, 5.41) is 0.442. The van der Waals surface area contributed by atoms with Crippen molar-refractivity contribution in [3.8, 4) is 0 Å². The minimum atomic E-state index is -3.81. The molecule has 0 saturated carbocycles. The number of morpholine rings is 1. The molecule has 0 bridgehead atoms. The van der Waals surface area contributed by atoms with Crippen LogP contribution in [0.25, 0.3) is 0 Å². The van der Waals surface area contributed by atoms with Gasteiger partial charge in [0.1, 0.15) is 0 Å². The van der Waals surface area contributed by atoms with Crippen LogP contribution in [0, 0.1) is 0 Å². The molecule has 0 spiro atoms. The van der Waals surface area contributed by atoms with E-state index in [2.05, 4.69) is 4.74 Å². The van der Waals surface area contributed by atoms with Crippen molar-refractivity contribution < 1.29 is 22.7 Å². The Kier molecular flexibility index (Phi) is 5.11. The molecule has 1 aliphatic heterocycles. The molecule has 1 aliphatic rings. The summed E-state index contributed by atoms with van der Waals surface area (Å²) in [5.41, 5.74) is 0. The first-order chi connectivity index (χ1) is 9.84. The van der Waals surface area contributed by atoms with Crippen LogP contribution in [0.3, 0.4) is 0 Å². The van der Waals surface area contributed by atoms with E-state index in [9.17, 15) is 13.2 Å². The number of carbonyl (C=O) groups excluding carboxylic acids is 1. The Morgan fingerprint density at radius 1 is 1.33 bits per heavy atom. The van der Waals surface area contributed by atoms with E-state index in [4.69, 9.17) is 27.9 Å². The summed E-state index contributed by atoms with van der Waals surface area (Å²) in [7, 11) is -2.59.